The van der Waals surface area contributed by atoms with Crippen LogP contribution in [-0.2, 0) is 27.8 Å². The number of aromatic amines is 1. The molecule has 0 unspecified atom stereocenters. The van der Waals surface area contributed by atoms with Crippen molar-refractivity contribution in [3.05, 3.63) is 53.2 Å². The molecule has 3 aromatic rings. The van der Waals surface area contributed by atoms with E-state index in [0.717, 1.165) is 22.9 Å². The topological polar surface area (TPSA) is 101 Å². The van der Waals surface area contributed by atoms with Crippen LogP contribution in [0.15, 0.2) is 41.3 Å². The fourth-order valence-electron chi connectivity index (χ4n) is 4.06. The molecule has 0 spiro atoms. The Morgan fingerprint density at radius 2 is 1.91 bits per heavy atom. The van der Waals surface area contributed by atoms with Gasteiger partial charge >= 0.3 is 0 Å². The summed E-state index contributed by atoms with van der Waals surface area (Å²) in [7, 11) is -0.852. The summed E-state index contributed by atoms with van der Waals surface area (Å²) >= 11 is 0. The first kappa shape index (κ1) is 22.2. The summed E-state index contributed by atoms with van der Waals surface area (Å²) in [5.74, 6) is 0.691. The first-order valence-corrected chi connectivity index (χ1v) is 11.9. The summed E-state index contributed by atoms with van der Waals surface area (Å²) in [6.45, 7) is 3.21. The van der Waals surface area contributed by atoms with Gasteiger partial charge in [-0.1, -0.05) is 11.6 Å². The molecule has 1 aromatic heterocycles. The van der Waals surface area contributed by atoms with E-state index in [0.29, 0.717) is 24.6 Å². The molecule has 32 heavy (non-hydrogen) atoms. The molecule has 0 fully saturated rings. The van der Waals surface area contributed by atoms with Crippen molar-refractivity contribution in [3.8, 4) is 11.5 Å². The van der Waals surface area contributed by atoms with Crippen molar-refractivity contribution in [1.82, 2.24) is 14.6 Å². The van der Waals surface area contributed by atoms with E-state index in [2.05, 4.69) is 34.8 Å². The summed E-state index contributed by atoms with van der Waals surface area (Å²) in [6.07, 6.45) is 0.843. The maximum absolute atomic E-state index is 12.8. The van der Waals surface area contributed by atoms with Crippen LogP contribution in [-0.4, -0.2) is 51.5 Å². The first-order chi connectivity index (χ1) is 15.3. The third kappa shape index (κ3) is 4.31. The van der Waals surface area contributed by atoms with Gasteiger partial charge < -0.3 is 19.4 Å². The SMILES string of the molecule is COc1ccc(S(=O)(=O)NCCC(=O)N2CCc3[nH]c4ccc(C)cc4c3C2)cc1OC. The molecule has 1 aliphatic heterocycles. The summed E-state index contributed by atoms with van der Waals surface area (Å²) in [5, 5.41) is 1.15. The first-order valence-electron chi connectivity index (χ1n) is 10.4. The molecule has 2 N–H and O–H groups in total. The minimum atomic E-state index is -3.78. The van der Waals surface area contributed by atoms with Gasteiger partial charge in [0.05, 0.1) is 19.1 Å². The van der Waals surface area contributed by atoms with Crippen LogP contribution in [0.4, 0.5) is 0 Å². The Labute approximate surface area is 187 Å². The number of aryl methyl sites for hydroxylation is 1. The van der Waals surface area contributed by atoms with Crippen molar-refractivity contribution < 1.29 is 22.7 Å². The number of sulfonamides is 1. The molecule has 8 nitrogen and oxygen atoms in total. The second-order valence-corrected chi connectivity index (χ2v) is 9.63. The lowest BCUT2D eigenvalue weighted by molar-refractivity contribution is -0.131. The van der Waals surface area contributed by atoms with Gasteiger partial charge in [0, 0.05) is 60.7 Å². The summed E-state index contributed by atoms with van der Waals surface area (Å²) in [6, 6.07) is 10.6. The molecular formula is C23H27N3O5S. The number of ether oxygens (including phenoxy) is 2. The van der Waals surface area contributed by atoms with Crippen LogP contribution in [0.25, 0.3) is 10.9 Å². The van der Waals surface area contributed by atoms with Crippen molar-refractivity contribution in [1.29, 1.82) is 0 Å². The lowest BCUT2D eigenvalue weighted by Gasteiger charge is -2.27. The van der Waals surface area contributed by atoms with Crippen LogP contribution in [0.3, 0.4) is 0 Å². The normalized spacial score (nSPS) is 13.8. The van der Waals surface area contributed by atoms with Gasteiger partial charge in [0.15, 0.2) is 11.5 Å². The predicted octanol–water partition coefficient (Wildman–Crippen LogP) is 2.75. The van der Waals surface area contributed by atoms with Crippen molar-refractivity contribution >= 4 is 26.8 Å². The molecule has 0 saturated carbocycles. The molecule has 1 amide bonds. The van der Waals surface area contributed by atoms with Crippen molar-refractivity contribution in [2.24, 2.45) is 0 Å². The van der Waals surface area contributed by atoms with E-state index in [4.69, 9.17) is 9.47 Å². The number of methoxy groups -OCH3 is 2. The summed E-state index contributed by atoms with van der Waals surface area (Å²) in [4.78, 5) is 18.1. The molecule has 0 aliphatic carbocycles. The number of hydrogen-bond acceptors (Lipinski definition) is 5. The number of carbonyl (C=O) groups is 1. The molecule has 0 atom stereocenters. The standard InChI is InChI=1S/C23H27N3O5S/c1-15-4-6-19-17(12-15)18-14-26(11-9-20(18)25-19)23(27)8-10-24-32(28,29)16-5-7-21(30-2)22(13-16)31-3/h4-7,12-13,24-25H,8-11,14H2,1-3H3. The Bertz CT molecular complexity index is 1270. The smallest absolute Gasteiger partial charge is 0.240 e. The monoisotopic (exact) mass is 457 g/mol. The Morgan fingerprint density at radius 1 is 1.12 bits per heavy atom. The van der Waals surface area contributed by atoms with E-state index in [9.17, 15) is 13.2 Å². The fourth-order valence-corrected chi connectivity index (χ4v) is 5.11. The van der Waals surface area contributed by atoms with E-state index in [1.165, 1.54) is 43.7 Å². The van der Waals surface area contributed by atoms with Gasteiger partial charge in [0.25, 0.3) is 0 Å². The van der Waals surface area contributed by atoms with Crippen LogP contribution >= 0.6 is 0 Å². The zero-order chi connectivity index (χ0) is 22.9. The quantitative estimate of drug-likeness (QED) is 0.568. The molecular weight excluding hydrogens is 430 g/mol. The molecule has 2 aromatic carbocycles. The maximum atomic E-state index is 12.8. The highest BCUT2D eigenvalue weighted by Gasteiger charge is 2.24. The third-order valence-corrected chi connectivity index (χ3v) is 7.24. The van der Waals surface area contributed by atoms with E-state index < -0.39 is 10.0 Å². The van der Waals surface area contributed by atoms with E-state index in [-0.39, 0.29) is 23.8 Å². The Hall–Kier alpha value is -3.04. The third-order valence-electron chi connectivity index (χ3n) is 5.78. The molecule has 4 rings (SSSR count). The maximum Gasteiger partial charge on any atom is 0.240 e. The van der Waals surface area contributed by atoms with Crippen molar-refractivity contribution in [2.45, 2.75) is 31.2 Å². The number of H-pyrrole nitrogens is 1. The number of hydrogen-bond donors (Lipinski definition) is 2. The molecule has 0 bridgehead atoms. The summed E-state index contributed by atoms with van der Waals surface area (Å²) < 4.78 is 38.1. The number of amides is 1. The van der Waals surface area contributed by atoms with E-state index >= 15 is 0 Å². The van der Waals surface area contributed by atoms with Crippen LogP contribution < -0.4 is 14.2 Å². The second kappa shape index (κ2) is 8.84. The number of carbonyl (C=O) groups excluding carboxylic acids is 1. The highest BCUT2D eigenvalue weighted by atomic mass is 32.2. The number of aromatic nitrogens is 1. The molecule has 0 saturated heterocycles. The molecule has 170 valence electrons. The van der Waals surface area contributed by atoms with Crippen LogP contribution in [0.1, 0.15) is 23.2 Å². The number of fused-ring (bicyclic) bond motifs is 3. The zero-order valence-electron chi connectivity index (χ0n) is 18.4. The average molecular weight is 458 g/mol. The lowest BCUT2D eigenvalue weighted by atomic mass is 10.0. The van der Waals surface area contributed by atoms with Crippen molar-refractivity contribution in [2.75, 3.05) is 27.3 Å². The van der Waals surface area contributed by atoms with Gasteiger partial charge in [0.2, 0.25) is 15.9 Å². The summed E-state index contributed by atoms with van der Waals surface area (Å²) in [5.41, 5.74) is 4.57. The molecule has 9 heteroatoms. The second-order valence-electron chi connectivity index (χ2n) is 7.86. The number of nitrogens with zero attached hydrogens (tertiary/aromatic N) is 1. The van der Waals surface area contributed by atoms with E-state index in [1.54, 1.807) is 4.90 Å². The van der Waals surface area contributed by atoms with Gasteiger partial charge in [-0.25, -0.2) is 13.1 Å². The van der Waals surface area contributed by atoms with Gasteiger partial charge in [-0.3, -0.25) is 4.79 Å². The van der Waals surface area contributed by atoms with Gasteiger partial charge in [-0.15, -0.1) is 0 Å². The Morgan fingerprint density at radius 3 is 2.66 bits per heavy atom. The molecule has 0 radical (unpaired) electrons. The van der Waals surface area contributed by atoms with Crippen LogP contribution in [0.2, 0.25) is 0 Å². The number of rotatable bonds is 7. The van der Waals surface area contributed by atoms with Gasteiger partial charge in [-0.2, -0.15) is 0 Å². The number of nitrogens with one attached hydrogen (secondary N) is 2. The average Bonchev–Trinajstić information content (AvgIpc) is 3.15. The number of benzene rings is 2. The highest BCUT2D eigenvalue weighted by molar-refractivity contribution is 7.89. The van der Waals surface area contributed by atoms with Gasteiger partial charge in [0.1, 0.15) is 0 Å². The minimum Gasteiger partial charge on any atom is -0.493 e. The Kier molecular flexibility index (Phi) is 6.12. The van der Waals surface area contributed by atoms with Crippen LogP contribution in [0, 0.1) is 6.92 Å². The lowest BCUT2D eigenvalue weighted by Crippen LogP contribution is -2.37. The minimum absolute atomic E-state index is 0.0197. The molecule has 2 heterocycles. The highest BCUT2D eigenvalue weighted by Crippen LogP contribution is 2.30. The largest absolute Gasteiger partial charge is 0.493 e. The van der Waals surface area contributed by atoms with E-state index in [1.807, 2.05) is 0 Å². The molecule has 1 aliphatic rings. The predicted molar refractivity (Wildman–Crippen MR) is 122 cm³/mol. The van der Waals surface area contributed by atoms with Crippen molar-refractivity contribution in [3.63, 3.8) is 0 Å². The van der Waals surface area contributed by atoms with Gasteiger partial charge in [-0.05, 0) is 31.2 Å². The Balaban J connectivity index is 1.39. The fraction of sp³-hybridized carbons (Fsp3) is 0.348. The van der Waals surface area contributed by atoms with Crippen LogP contribution in [0.5, 0.6) is 11.5 Å². The zero-order valence-corrected chi connectivity index (χ0v) is 19.2.